The van der Waals surface area contributed by atoms with Crippen LogP contribution in [0.3, 0.4) is 0 Å². The molecule has 0 saturated carbocycles. The number of hydrogen-bond acceptors (Lipinski definition) is 2. The van der Waals surface area contributed by atoms with Crippen LogP contribution in [0, 0.1) is 0 Å². The summed E-state index contributed by atoms with van der Waals surface area (Å²) in [5.74, 6) is -0.0792. The van der Waals surface area contributed by atoms with E-state index >= 15 is 0 Å². The van der Waals surface area contributed by atoms with Crippen LogP contribution in [0.25, 0.3) is 0 Å². The molecule has 3 unspecified atom stereocenters. The molecular formula is C23H19Cl2NO2. The zero-order chi connectivity index (χ0) is 19.7. The van der Waals surface area contributed by atoms with Gasteiger partial charge in [-0.15, -0.1) is 0 Å². The third-order valence-corrected chi connectivity index (χ3v) is 5.54. The fourth-order valence-corrected chi connectivity index (χ4v) is 3.98. The van der Waals surface area contributed by atoms with Crippen molar-refractivity contribution in [1.82, 2.24) is 4.90 Å². The van der Waals surface area contributed by atoms with Crippen molar-refractivity contribution in [3.05, 3.63) is 106 Å². The minimum atomic E-state index is -0.668. The number of carbonyl (C=O) groups is 1. The Balaban J connectivity index is 1.80. The second kappa shape index (κ2) is 7.96. The molecular weight excluding hydrogens is 393 g/mol. The van der Waals surface area contributed by atoms with E-state index in [-0.39, 0.29) is 18.1 Å². The molecule has 1 aliphatic heterocycles. The van der Waals surface area contributed by atoms with Crippen LogP contribution in [0.2, 0.25) is 10.0 Å². The molecule has 0 radical (unpaired) electrons. The smallest absolute Gasteiger partial charge is 0.256 e. The predicted molar refractivity (Wildman–Crippen MR) is 111 cm³/mol. The molecule has 1 saturated heterocycles. The van der Waals surface area contributed by atoms with E-state index in [0.717, 1.165) is 16.7 Å². The molecule has 142 valence electrons. The van der Waals surface area contributed by atoms with Gasteiger partial charge in [0.2, 0.25) is 0 Å². The monoisotopic (exact) mass is 411 g/mol. The van der Waals surface area contributed by atoms with E-state index in [2.05, 4.69) is 0 Å². The highest BCUT2D eigenvalue weighted by molar-refractivity contribution is 6.30. The van der Waals surface area contributed by atoms with Gasteiger partial charge in [0.1, 0.15) is 6.10 Å². The second-order valence-corrected chi connectivity index (χ2v) is 7.72. The molecule has 3 nitrogen and oxygen atoms in total. The summed E-state index contributed by atoms with van der Waals surface area (Å²) in [7, 11) is 1.82. The summed E-state index contributed by atoms with van der Waals surface area (Å²) >= 11 is 12.3. The Morgan fingerprint density at radius 2 is 1.46 bits per heavy atom. The lowest BCUT2D eigenvalue weighted by molar-refractivity contribution is -0.172. The Bertz CT molecular complexity index is 975. The van der Waals surface area contributed by atoms with Gasteiger partial charge in [-0.3, -0.25) is 4.79 Å². The largest absolute Gasteiger partial charge is 0.353 e. The first-order valence-corrected chi connectivity index (χ1v) is 9.78. The van der Waals surface area contributed by atoms with E-state index in [9.17, 15) is 4.79 Å². The maximum atomic E-state index is 13.2. The lowest BCUT2D eigenvalue weighted by atomic mass is 9.91. The summed E-state index contributed by atoms with van der Waals surface area (Å²) < 4.78 is 6.41. The van der Waals surface area contributed by atoms with E-state index in [1.54, 1.807) is 4.90 Å². The van der Waals surface area contributed by atoms with Crippen molar-refractivity contribution in [2.75, 3.05) is 7.05 Å². The zero-order valence-electron chi connectivity index (χ0n) is 15.3. The maximum absolute atomic E-state index is 13.2. The molecule has 3 aromatic rings. The summed E-state index contributed by atoms with van der Waals surface area (Å²) in [6.45, 7) is 0. The van der Waals surface area contributed by atoms with Crippen molar-refractivity contribution in [3.63, 3.8) is 0 Å². The number of benzene rings is 3. The molecule has 1 aliphatic rings. The number of nitrogens with zero attached hydrogens (tertiary/aromatic N) is 1. The van der Waals surface area contributed by atoms with Crippen LogP contribution >= 0.6 is 23.2 Å². The van der Waals surface area contributed by atoms with Crippen molar-refractivity contribution in [1.29, 1.82) is 0 Å². The van der Waals surface area contributed by atoms with Crippen LogP contribution in [-0.4, -0.2) is 17.9 Å². The first-order chi connectivity index (χ1) is 13.5. The van der Waals surface area contributed by atoms with Crippen molar-refractivity contribution < 1.29 is 9.53 Å². The summed E-state index contributed by atoms with van der Waals surface area (Å²) in [6.07, 6.45) is -1.04. The highest BCUT2D eigenvalue weighted by atomic mass is 35.5. The van der Waals surface area contributed by atoms with Crippen molar-refractivity contribution in [2.24, 2.45) is 0 Å². The van der Waals surface area contributed by atoms with Crippen molar-refractivity contribution >= 4 is 29.1 Å². The summed E-state index contributed by atoms with van der Waals surface area (Å²) in [5.41, 5.74) is 2.71. The fourth-order valence-electron chi connectivity index (χ4n) is 3.66. The normalized spacial score (nSPS) is 22.3. The maximum Gasteiger partial charge on any atom is 0.256 e. The summed E-state index contributed by atoms with van der Waals surface area (Å²) in [5, 5.41) is 1.28. The Hall–Kier alpha value is -2.33. The van der Waals surface area contributed by atoms with Crippen LogP contribution in [0.15, 0.2) is 78.9 Å². The van der Waals surface area contributed by atoms with E-state index < -0.39 is 6.10 Å². The summed E-state index contributed by atoms with van der Waals surface area (Å²) in [6, 6.07) is 24.4. The number of likely N-dealkylation sites (N-methyl/N-ethyl adjacent to an activating group) is 1. The molecule has 3 atom stereocenters. The lowest BCUT2D eigenvalue weighted by Crippen LogP contribution is -2.45. The van der Waals surface area contributed by atoms with Gasteiger partial charge in [-0.25, -0.2) is 0 Å². The number of hydrogen-bond donors (Lipinski definition) is 0. The SMILES string of the molecule is CN1C(=O)C(c2ccccc2)OC(c2cccc(Cl)c2)C1c1ccc(Cl)cc1. The van der Waals surface area contributed by atoms with Gasteiger partial charge in [0.05, 0.1) is 6.04 Å². The minimum Gasteiger partial charge on any atom is -0.353 e. The first-order valence-electron chi connectivity index (χ1n) is 9.02. The molecule has 0 spiro atoms. The Morgan fingerprint density at radius 1 is 0.786 bits per heavy atom. The number of rotatable bonds is 3. The Labute approximate surface area is 174 Å². The Morgan fingerprint density at radius 3 is 2.14 bits per heavy atom. The van der Waals surface area contributed by atoms with Gasteiger partial charge in [-0.2, -0.15) is 0 Å². The molecule has 28 heavy (non-hydrogen) atoms. The molecule has 3 aromatic carbocycles. The fraction of sp³-hybridized carbons (Fsp3) is 0.174. The van der Waals surface area contributed by atoms with Gasteiger partial charge in [-0.05, 0) is 41.0 Å². The molecule has 5 heteroatoms. The molecule has 0 aromatic heterocycles. The van der Waals surface area contributed by atoms with Gasteiger partial charge in [0.15, 0.2) is 6.10 Å². The Kier molecular flexibility index (Phi) is 5.40. The number of carbonyl (C=O) groups excluding carboxylic acids is 1. The molecule has 0 bridgehead atoms. The van der Waals surface area contributed by atoms with E-state index in [1.807, 2.05) is 85.9 Å². The summed E-state index contributed by atoms with van der Waals surface area (Å²) in [4.78, 5) is 14.9. The third kappa shape index (κ3) is 3.66. The molecule has 1 fully saturated rings. The number of morpholine rings is 1. The van der Waals surface area contributed by atoms with E-state index in [4.69, 9.17) is 27.9 Å². The average molecular weight is 412 g/mol. The van der Waals surface area contributed by atoms with Crippen LogP contribution in [0.4, 0.5) is 0 Å². The number of halogens is 2. The standard InChI is InChI=1S/C23H19Cl2NO2/c1-26-20(15-10-12-18(24)13-11-15)21(17-8-5-9-19(25)14-17)28-22(23(26)27)16-6-3-2-4-7-16/h2-14,20-22H,1H3. The number of amides is 1. The molecule has 0 N–H and O–H groups in total. The van der Waals surface area contributed by atoms with Gasteiger partial charge < -0.3 is 9.64 Å². The second-order valence-electron chi connectivity index (χ2n) is 6.85. The van der Waals surface area contributed by atoms with E-state index in [1.165, 1.54) is 0 Å². The van der Waals surface area contributed by atoms with Crippen LogP contribution in [-0.2, 0) is 9.53 Å². The van der Waals surface area contributed by atoms with Crippen LogP contribution in [0.1, 0.15) is 34.9 Å². The van der Waals surface area contributed by atoms with Crippen LogP contribution < -0.4 is 0 Å². The average Bonchev–Trinajstić information content (AvgIpc) is 2.71. The molecule has 0 aliphatic carbocycles. The quantitative estimate of drug-likeness (QED) is 0.528. The van der Waals surface area contributed by atoms with E-state index in [0.29, 0.717) is 10.0 Å². The topological polar surface area (TPSA) is 29.5 Å². The van der Waals surface area contributed by atoms with Crippen LogP contribution in [0.5, 0.6) is 0 Å². The first kappa shape index (κ1) is 19.0. The third-order valence-electron chi connectivity index (χ3n) is 5.05. The van der Waals surface area contributed by atoms with Gasteiger partial charge in [0.25, 0.3) is 5.91 Å². The lowest BCUT2D eigenvalue weighted by Gasteiger charge is -2.43. The predicted octanol–water partition coefficient (Wildman–Crippen LogP) is 6.01. The highest BCUT2D eigenvalue weighted by Gasteiger charge is 2.42. The van der Waals surface area contributed by atoms with Gasteiger partial charge in [-0.1, -0.05) is 77.8 Å². The molecule has 1 heterocycles. The van der Waals surface area contributed by atoms with Gasteiger partial charge >= 0.3 is 0 Å². The highest BCUT2D eigenvalue weighted by Crippen LogP contribution is 2.45. The van der Waals surface area contributed by atoms with Gasteiger partial charge in [0, 0.05) is 17.1 Å². The molecule has 4 rings (SSSR count). The number of ether oxygens (including phenoxy) is 1. The van der Waals surface area contributed by atoms with Crippen molar-refractivity contribution in [3.8, 4) is 0 Å². The molecule has 1 amide bonds. The zero-order valence-corrected chi connectivity index (χ0v) is 16.8. The van der Waals surface area contributed by atoms with Crippen molar-refractivity contribution in [2.45, 2.75) is 18.2 Å². The minimum absolute atomic E-state index is 0.0792.